The molecule has 1 heterocycles. The molecule has 1 aromatic carbocycles. The third-order valence-electron chi connectivity index (χ3n) is 2.99. The zero-order valence-corrected chi connectivity index (χ0v) is 17.4. The largest absolute Gasteiger partial charge is 0.534 e. The highest BCUT2D eigenvalue weighted by atomic mass is 79.9. The summed E-state index contributed by atoms with van der Waals surface area (Å²) in [5.74, 6) is -0.550. The number of aromatic nitrogens is 1. The van der Waals surface area contributed by atoms with Crippen molar-refractivity contribution in [3.63, 3.8) is 0 Å². The zero-order chi connectivity index (χ0) is 21.0. The molecule has 27 heavy (non-hydrogen) atoms. The van der Waals surface area contributed by atoms with Gasteiger partial charge in [0.25, 0.3) is 6.47 Å². The molecule has 0 saturated heterocycles. The molecule has 0 aliphatic heterocycles. The Morgan fingerprint density at radius 3 is 2.44 bits per heavy atom. The van der Waals surface area contributed by atoms with Crippen molar-refractivity contribution in [2.24, 2.45) is 0 Å². The molecule has 0 amide bonds. The van der Waals surface area contributed by atoms with Gasteiger partial charge in [0.15, 0.2) is 9.67 Å². The predicted molar refractivity (Wildman–Crippen MR) is 96.0 cm³/mol. The summed E-state index contributed by atoms with van der Waals surface area (Å²) in [6.45, 7) is 5.48. The highest BCUT2D eigenvalue weighted by Gasteiger charge is 2.49. The van der Waals surface area contributed by atoms with E-state index in [-0.39, 0.29) is 15.8 Å². The Bertz CT molecular complexity index is 912. The highest BCUT2D eigenvalue weighted by Crippen LogP contribution is 2.42. The van der Waals surface area contributed by atoms with Crippen molar-refractivity contribution in [3.05, 3.63) is 21.1 Å². The summed E-state index contributed by atoms with van der Waals surface area (Å²) in [5, 5.41) is 9.77. The second kappa shape index (κ2) is 9.17. The average molecular weight is 494 g/mol. The summed E-state index contributed by atoms with van der Waals surface area (Å²) in [6, 6.07) is 1.53. The number of halogens is 4. The van der Waals surface area contributed by atoms with Crippen LogP contribution in [0.15, 0.2) is 9.98 Å². The Morgan fingerprint density at radius 2 is 2.04 bits per heavy atom. The lowest BCUT2D eigenvalue weighted by atomic mass is 10.0. The Kier molecular flexibility index (Phi) is 8.01. The predicted octanol–water partition coefficient (Wildman–Crippen LogP) is 3.83. The van der Waals surface area contributed by atoms with E-state index in [1.54, 1.807) is 6.92 Å². The number of aryl methyl sites for hydroxylation is 1. The molecule has 0 fully saturated rings. The fourth-order valence-electron chi connectivity index (χ4n) is 1.98. The number of alkyl halides is 3. The van der Waals surface area contributed by atoms with Gasteiger partial charge in [0.2, 0.25) is 0 Å². The summed E-state index contributed by atoms with van der Waals surface area (Å²) >= 11 is 3.99. The van der Waals surface area contributed by atoms with E-state index in [1.807, 2.05) is 0 Å². The van der Waals surface area contributed by atoms with Gasteiger partial charge in [-0.3, -0.25) is 4.79 Å². The lowest BCUT2D eigenvalue weighted by molar-refractivity contribution is -0.128. The lowest BCUT2D eigenvalue weighted by Crippen LogP contribution is -2.28. The summed E-state index contributed by atoms with van der Waals surface area (Å²) in [6.07, 6.45) is -1.22. The van der Waals surface area contributed by atoms with Crippen LogP contribution in [0, 0.1) is 6.92 Å². The van der Waals surface area contributed by atoms with E-state index in [1.165, 1.54) is 19.9 Å². The lowest BCUT2D eigenvalue weighted by Gasteiger charge is -2.17. The molecule has 1 N–H and O–H groups in total. The van der Waals surface area contributed by atoms with Gasteiger partial charge in [-0.1, -0.05) is 0 Å². The van der Waals surface area contributed by atoms with Crippen LogP contribution in [0.1, 0.15) is 31.1 Å². The average Bonchev–Trinajstić information content (AvgIpc) is 2.87. The van der Waals surface area contributed by atoms with Crippen LogP contribution in [-0.2, 0) is 19.6 Å². The van der Waals surface area contributed by atoms with Crippen LogP contribution in [0.4, 0.5) is 13.2 Å². The van der Waals surface area contributed by atoms with Gasteiger partial charge in [-0.05, 0) is 48.3 Å². The quantitative estimate of drug-likeness (QED) is 0.383. The molecule has 1 atom stereocenters. The summed E-state index contributed by atoms with van der Waals surface area (Å²) in [7, 11) is -5.85. The van der Waals surface area contributed by atoms with Crippen molar-refractivity contribution in [1.29, 1.82) is 0 Å². The van der Waals surface area contributed by atoms with Crippen LogP contribution >= 0.6 is 27.3 Å². The maximum Gasteiger partial charge on any atom is 0.534 e. The molecule has 0 spiro atoms. The van der Waals surface area contributed by atoms with E-state index in [0.29, 0.717) is 22.6 Å². The van der Waals surface area contributed by atoms with Crippen LogP contribution in [0.3, 0.4) is 0 Å². The van der Waals surface area contributed by atoms with Gasteiger partial charge >= 0.3 is 15.6 Å². The van der Waals surface area contributed by atoms with Crippen molar-refractivity contribution < 1.29 is 40.4 Å². The monoisotopic (exact) mass is 493 g/mol. The first-order valence-corrected chi connectivity index (χ1v) is 10.2. The number of carbonyl (C=O) groups is 1. The van der Waals surface area contributed by atoms with Crippen molar-refractivity contribution in [1.82, 2.24) is 4.98 Å². The number of ether oxygens (including phenoxy) is 1. The number of hydrogen-bond donors (Lipinski definition) is 1. The number of fused-ring (bicyclic) bond motifs is 1. The zero-order valence-electron chi connectivity index (χ0n) is 14.2. The fraction of sp³-hybridized carbons (Fsp3) is 0.429. The molecule has 7 nitrogen and oxygen atoms in total. The van der Waals surface area contributed by atoms with Gasteiger partial charge < -0.3 is 14.0 Å². The van der Waals surface area contributed by atoms with E-state index in [2.05, 4.69) is 29.8 Å². The number of aliphatic hydroxyl groups is 1. The number of hydrogen-bond acceptors (Lipinski definition) is 8. The van der Waals surface area contributed by atoms with Crippen molar-refractivity contribution in [2.75, 3.05) is 6.61 Å². The molecule has 2 rings (SSSR count). The molecule has 152 valence electrons. The number of nitrogens with zero attached hydrogens (tertiary/aromatic N) is 1. The van der Waals surface area contributed by atoms with Gasteiger partial charge in [0.1, 0.15) is 0 Å². The van der Waals surface area contributed by atoms with Gasteiger partial charge in [-0.25, -0.2) is 4.98 Å². The molecule has 0 aliphatic rings. The van der Waals surface area contributed by atoms with Crippen LogP contribution in [-0.4, -0.2) is 37.1 Å². The van der Waals surface area contributed by atoms with Crippen LogP contribution < -0.4 is 4.18 Å². The van der Waals surface area contributed by atoms with Crippen LogP contribution in [0.25, 0.3) is 10.2 Å². The van der Waals surface area contributed by atoms with Crippen molar-refractivity contribution in [3.8, 4) is 5.75 Å². The molecule has 13 heteroatoms. The van der Waals surface area contributed by atoms with E-state index in [0.717, 1.165) is 11.3 Å². The van der Waals surface area contributed by atoms with Gasteiger partial charge in [-0.15, -0.1) is 11.3 Å². The number of rotatable bonds is 5. The minimum Gasteiger partial charge on any atom is -0.468 e. The van der Waals surface area contributed by atoms with Crippen molar-refractivity contribution in [2.45, 2.75) is 32.4 Å². The molecule has 0 aliphatic carbocycles. The molecule has 1 unspecified atom stereocenters. The molecule has 0 bridgehead atoms. The minimum atomic E-state index is -5.85. The maximum absolute atomic E-state index is 12.6. The third kappa shape index (κ3) is 5.77. The highest BCUT2D eigenvalue weighted by molar-refractivity contribution is 9.11. The molecule has 1 aromatic heterocycles. The fourth-order valence-corrected chi connectivity index (χ4v) is 3.96. The molecular formula is C14H15BrF3NO6S2. The SMILES string of the molecule is CCOC=O.Cc1cc2nc(Br)sc2c(OS(=O)(=O)C(F)(F)F)c1C(C)O. The summed E-state index contributed by atoms with van der Waals surface area (Å²) in [5.41, 5.74) is -4.96. The normalized spacial score (nSPS) is 12.9. The molecular weight excluding hydrogens is 479 g/mol. The smallest absolute Gasteiger partial charge is 0.468 e. The maximum atomic E-state index is 12.6. The second-order valence-corrected chi connectivity index (χ2v) is 8.78. The second-order valence-electron chi connectivity index (χ2n) is 4.96. The number of aliphatic hydroxyl groups excluding tert-OH is 1. The number of carbonyl (C=O) groups excluding carboxylic acids is 1. The van der Waals surface area contributed by atoms with Gasteiger partial charge in [-0.2, -0.15) is 21.6 Å². The first-order chi connectivity index (χ1) is 12.4. The summed E-state index contributed by atoms with van der Waals surface area (Å²) < 4.78 is 69.2. The van der Waals surface area contributed by atoms with E-state index in [4.69, 9.17) is 0 Å². The van der Waals surface area contributed by atoms with Crippen LogP contribution in [0.2, 0.25) is 0 Å². The Morgan fingerprint density at radius 1 is 1.44 bits per heavy atom. The Labute approximate surface area is 165 Å². The van der Waals surface area contributed by atoms with Crippen LogP contribution in [0.5, 0.6) is 5.75 Å². The Balaban J connectivity index is 0.000000646. The van der Waals surface area contributed by atoms with E-state index >= 15 is 0 Å². The third-order valence-corrected chi connectivity index (χ3v) is 5.46. The standard InChI is InChI=1S/C11H9BrF3NO4S2.C3H6O2/c1-4-3-6-9(21-10(12)16-6)8(7(4)5(2)17)20-22(18,19)11(13,14)15;1-2-5-3-4/h3,5,17H,1-2H3;3H,2H2,1H3. The number of thiazole rings is 1. The Hall–Kier alpha value is -1.44. The van der Waals surface area contributed by atoms with Crippen molar-refractivity contribution >= 4 is 54.1 Å². The minimum absolute atomic E-state index is 0.0310. The molecule has 0 radical (unpaired) electrons. The number of benzene rings is 1. The van der Waals surface area contributed by atoms with Gasteiger partial charge in [0, 0.05) is 5.56 Å². The summed E-state index contributed by atoms with van der Waals surface area (Å²) in [4.78, 5) is 13.2. The molecule has 2 aromatic rings. The van der Waals surface area contributed by atoms with E-state index in [9.17, 15) is 31.5 Å². The van der Waals surface area contributed by atoms with E-state index < -0.39 is 27.5 Å². The first-order valence-electron chi connectivity index (χ1n) is 7.19. The molecule has 0 saturated carbocycles. The topological polar surface area (TPSA) is 103 Å². The first kappa shape index (κ1) is 23.6. The van der Waals surface area contributed by atoms with Gasteiger partial charge in [0.05, 0.1) is 22.9 Å².